The van der Waals surface area contributed by atoms with E-state index in [1.54, 1.807) is 19.1 Å². The highest BCUT2D eigenvalue weighted by molar-refractivity contribution is 5.95. The number of nitrogens with one attached hydrogen (secondary N) is 2. The maximum Gasteiger partial charge on any atom is 0.326 e. The van der Waals surface area contributed by atoms with Crippen LogP contribution in [0.15, 0.2) is 0 Å². The Balaban J connectivity index is 2.57. The Hall–Kier alpha value is -1.67. The van der Waals surface area contributed by atoms with Gasteiger partial charge in [-0.2, -0.15) is 0 Å². The zero-order chi connectivity index (χ0) is 16.8. The molecule has 126 valence electrons. The largest absolute Gasteiger partial charge is 0.468 e. The van der Waals surface area contributed by atoms with Gasteiger partial charge in [0.15, 0.2) is 0 Å². The Morgan fingerprint density at radius 3 is 2.41 bits per heavy atom. The molecular weight excluding hydrogens is 290 g/mol. The fourth-order valence-corrected chi connectivity index (χ4v) is 2.50. The van der Waals surface area contributed by atoms with Gasteiger partial charge in [-0.3, -0.25) is 19.8 Å². The maximum absolute atomic E-state index is 12.0. The van der Waals surface area contributed by atoms with Crippen molar-refractivity contribution < 1.29 is 23.9 Å². The molecule has 1 fully saturated rings. The average Bonchev–Trinajstić information content (AvgIpc) is 2.43. The average molecular weight is 315 g/mol. The number of carbonyl (C=O) groups excluding carboxylic acids is 3. The minimum absolute atomic E-state index is 0.0301. The second-order valence-electron chi connectivity index (χ2n) is 5.45. The molecule has 0 heterocycles. The third-order valence-corrected chi connectivity index (χ3v) is 3.93. The van der Waals surface area contributed by atoms with Gasteiger partial charge in [0.2, 0.25) is 5.91 Å². The summed E-state index contributed by atoms with van der Waals surface area (Å²) in [5.41, 5.74) is -0.868. The molecule has 3 amide bonds. The molecule has 0 aromatic heterocycles. The minimum atomic E-state index is -0.868. The molecule has 1 saturated carbocycles. The Bertz CT molecular complexity index is 421. The van der Waals surface area contributed by atoms with Crippen molar-refractivity contribution in [2.45, 2.75) is 37.8 Å². The predicted octanol–water partition coefficient (Wildman–Crippen LogP) is -0.125. The number of methoxy groups -OCH3 is 2. The minimum Gasteiger partial charge on any atom is -0.468 e. The van der Waals surface area contributed by atoms with Gasteiger partial charge in [0, 0.05) is 26.5 Å². The first kappa shape index (κ1) is 18.4. The molecule has 0 saturated heterocycles. The van der Waals surface area contributed by atoms with E-state index in [4.69, 9.17) is 9.47 Å². The van der Waals surface area contributed by atoms with Crippen molar-refractivity contribution in [3.05, 3.63) is 0 Å². The first-order valence-electron chi connectivity index (χ1n) is 7.29. The Morgan fingerprint density at radius 1 is 1.27 bits per heavy atom. The van der Waals surface area contributed by atoms with Crippen LogP contribution in [0.4, 0.5) is 4.79 Å². The molecular formula is C14H25N3O5. The number of amides is 3. The molecule has 8 nitrogen and oxygen atoms in total. The van der Waals surface area contributed by atoms with Gasteiger partial charge in [0.1, 0.15) is 5.54 Å². The molecule has 0 unspecified atom stereocenters. The summed E-state index contributed by atoms with van der Waals surface area (Å²) < 4.78 is 10.0. The van der Waals surface area contributed by atoms with Crippen LogP contribution in [0, 0.1) is 0 Å². The van der Waals surface area contributed by atoms with Crippen molar-refractivity contribution in [1.82, 2.24) is 15.5 Å². The van der Waals surface area contributed by atoms with Crippen LogP contribution in [-0.4, -0.2) is 68.8 Å². The highest BCUT2D eigenvalue weighted by atomic mass is 16.5. The van der Waals surface area contributed by atoms with Gasteiger partial charge < -0.3 is 14.8 Å². The van der Waals surface area contributed by atoms with Crippen molar-refractivity contribution in [2.75, 3.05) is 34.4 Å². The molecule has 0 spiro atoms. The summed E-state index contributed by atoms with van der Waals surface area (Å²) in [7, 11) is 4.55. The molecule has 1 rings (SSSR count). The van der Waals surface area contributed by atoms with Gasteiger partial charge in [-0.25, -0.2) is 4.79 Å². The van der Waals surface area contributed by atoms with E-state index in [0.29, 0.717) is 19.4 Å². The molecule has 0 aliphatic heterocycles. The van der Waals surface area contributed by atoms with E-state index in [9.17, 15) is 14.4 Å². The number of likely N-dealkylation sites (N-methyl/N-ethyl adjacent to an activating group) is 1. The van der Waals surface area contributed by atoms with E-state index < -0.39 is 23.4 Å². The predicted molar refractivity (Wildman–Crippen MR) is 79.2 cm³/mol. The van der Waals surface area contributed by atoms with Gasteiger partial charge in [-0.1, -0.05) is 6.92 Å². The highest BCUT2D eigenvalue weighted by Gasteiger charge is 2.54. The van der Waals surface area contributed by atoms with Crippen molar-refractivity contribution >= 4 is 17.9 Å². The summed E-state index contributed by atoms with van der Waals surface area (Å²) in [5, 5.41) is 4.79. The van der Waals surface area contributed by atoms with E-state index in [2.05, 4.69) is 10.6 Å². The second kappa shape index (κ2) is 8.09. The van der Waals surface area contributed by atoms with Gasteiger partial charge in [0.25, 0.3) is 0 Å². The summed E-state index contributed by atoms with van der Waals surface area (Å²) in [6, 6.07) is -0.532. The number of hydrogen-bond acceptors (Lipinski definition) is 6. The summed E-state index contributed by atoms with van der Waals surface area (Å²) in [4.78, 5) is 37.0. The smallest absolute Gasteiger partial charge is 0.326 e. The normalized spacial score (nSPS) is 23.6. The molecule has 1 aliphatic rings. The second-order valence-corrected chi connectivity index (χ2v) is 5.45. The van der Waals surface area contributed by atoms with E-state index >= 15 is 0 Å². The molecule has 0 radical (unpaired) electrons. The van der Waals surface area contributed by atoms with Gasteiger partial charge in [-0.05, 0) is 13.5 Å². The monoisotopic (exact) mass is 315 g/mol. The summed E-state index contributed by atoms with van der Waals surface area (Å²) in [6.45, 7) is 2.33. The quantitative estimate of drug-likeness (QED) is 0.636. The van der Waals surface area contributed by atoms with Crippen LogP contribution in [0.5, 0.6) is 0 Å². The zero-order valence-electron chi connectivity index (χ0n) is 13.6. The molecule has 22 heavy (non-hydrogen) atoms. The van der Waals surface area contributed by atoms with Crippen LogP contribution in [0.25, 0.3) is 0 Å². The molecule has 0 bridgehead atoms. The lowest BCUT2D eigenvalue weighted by atomic mass is 9.73. The fourth-order valence-electron chi connectivity index (χ4n) is 2.50. The third kappa shape index (κ3) is 4.17. The van der Waals surface area contributed by atoms with Crippen LogP contribution < -0.4 is 10.6 Å². The van der Waals surface area contributed by atoms with Crippen LogP contribution in [-0.2, 0) is 19.1 Å². The van der Waals surface area contributed by atoms with E-state index in [-0.39, 0.29) is 12.6 Å². The highest BCUT2D eigenvalue weighted by Crippen LogP contribution is 2.39. The SMILES string of the molecule is CCCNC(=O)NC(=O)CN(C)C1(C(=O)OC)CC(OC)C1. The topological polar surface area (TPSA) is 97.0 Å². The number of urea groups is 1. The Morgan fingerprint density at radius 2 is 1.91 bits per heavy atom. The number of hydrogen-bond donors (Lipinski definition) is 2. The number of rotatable bonds is 7. The number of ether oxygens (including phenoxy) is 2. The number of imide groups is 1. The summed E-state index contributed by atoms with van der Waals surface area (Å²) in [6.07, 6.45) is 1.67. The van der Waals surface area contributed by atoms with Crippen LogP contribution >= 0.6 is 0 Å². The first-order valence-corrected chi connectivity index (χ1v) is 7.29. The van der Waals surface area contributed by atoms with E-state index in [1.165, 1.54) is 7.11 Å². The van der Waals surface area contributed by atoms with Crippen molar-refractivity contribution in [3.8, 4) is 0 Å². The maximum atomic E-state index is 12.0. The lowest BCUT2D eigenvalue weighted by Gasteiger charge is -2.49. The number of esters is 1. The number of carbonyl (C=O) groups is 3. The van der Waals surface area contributed by atoms with E-state index in [0.717, 1.165) is 6.42 Å². The molecule has 2 N–H and O–H groups in total. The Kier molecular flexibility index (Phi) is 6.76. The molecule has 0 aromatic rings. The molecule has 0 atom stereocenters. The van der Waals surface area contributed by atoms with Crippen molar-refractivity contribution in [1.29, 1.82) is 0 Å². The molecule has 0 aromatic carbocycles. The standard InChI is InChI=1S/C14H25N3O5/c1-5-6-15-13(20)16-11(18)9-17(2)14(12(19)22-4)7-10(8-14)21-3/h10H,5-9H2,1-4H3,(H2,15,16,18,20). The van der Waals surface area contributed by atoms with Gasteiger partial charge in [0.05, 0.1) is 19.8 Å². The summed E-state index contributed by atoms with van der Waals surface area (Å²) in [5.74, 6) is -0.869. The van der Waals surface area contributed by atoms with Crippen LogP contribution in [0.2, 0.25) is 0 Å². The Labute approximate surface area is 130 Å². The first-order chi connectivity index (χ1) is 10.4. The van der Waals surface area contributed by atoms with Gasteiger partial charge in [-0.15, -0.1) is 0 Å². The van der Waals surface area contributed by atoms with Crippen molar-refractivity contribution in [3.63, 3.8) is 0 Å². The molecule has 8 heteroatoms. The zero-order valence-corrected chi connectivity index (χ0v) is 13.6. The summed E-state index contributed by atoms with van der Waals surface area (Å²) >= 11 is 0. The van der Waals surface area contributed by atoms with Crippen LogP contribution in [0.1, 0.15) is 26.2 Å². The third-order valence-electron chi connectivity index (χ3n) is 3.93. The fraction of sp³-hybridized carbons (Fsp3) is 0.786. The lowest BCUT2D eigenvalue weighted by molar-refractivity contribution is -0.172. The van der Waals surface area contributed by atoms with E-state index in [1.807, 2.05) is 6.92 Å². The molecule has 1 aliphatic carbocycles. The van der Waals surface area contributed by atoms with Gasteiger partial charge >= 0.3 is 12.0 Å². The van der Waals surface area contributed by atoms with Crippen LogP contribution in [0.3, 0.4) is 0 Å². The number of nitrogens with zero attached hydrogens (tertiary/aromatic N) is 1. The lowest BCUT2D eigenvalue weighted by Crippen LogP contribution is -2.65. The van der Waals surface area contributed by atoms with Crippen molar-refractivity contribution in [2.24, 2.45) is 0 Å².